The van der Waals surface area contributed by atoms with Crippen molar-refractivity contribution in [2.24, 2.45) is 0 Å². The zero-order valence-electron chi connectivity index (χ0n) is 10.2. The van der Waals surface area contributed by atoms with Crippen LogP contribution in [0.1, 0.15) is 20.9 Å². The van der Waals surface area contributed by atoms with Gasteiger partial charge in [-0.2, -0.15) is 0 Å². The molecule has 2 aromatic rings. The number of carbonyl (C=O) groups is 1. The molecular weight excluding hydrogens is 268 g/mol. The zero-order chi connectivity index (χ0) is 14.0. The smallest absolute Gasteiger partial charge is 0.269 e. The highest BCUT2D eigenvalue weighted by molar-refractivity contribution is 7.08. The predicted molar refractivity (Wildman–Crippen MR) is 70.4 cm³/mol. The third kappa shape index (κ3) is 2.74. The number of benzene rings is 1. The zero-order valence-corrected chi connectivity index (χ0v) is 11.0. The summed E-state index contributed by atoms with van der Waals surface area (Å²) in [4.78, 5) is 22.5. The predicted octanol–water partition coefficient (Wildman–Crippen LogP) is 2.32. The molecule has 0 bridgehead atoms. The highest BCUT2D eigenvalue weighted by atomic mass is 32.1. The highest BCUT2D eigenvalue weighted by Crippen LogP contribution is 2.22. The lowest BCUT2D eigenvalue weighted by molar-refractivity contribution is -0.384. The quantitative estimate of drug-likeness (QED) is 0.686. The van der Waals surface area contributed by atoms with Crippen LogP contribution >= 0.6 is 11.5 Å². The van der Waals surface area contributed by atoms with Crippen LogP contribution in [0.25, 0.3) is 0 Å². The fourth-order valence-electron chi connectivity index (χ4n) is 1.52. The number of nitro benzene ring substituents is 1. The molecule has 2 rings (SSSR count). The standard InChI is InChI=1S/C11H10N4O3S/c1-6-5-8(15(17)18)3-4-9(6)12-11(16)10-7(2)13-14-19-10/h3-5H,1-2H3,(H,12,16). The Morgan fingerprint density at radius 1 is 1.42 bits per heavy atom. The maximum absolute atomic E-state index is 12.0. The Labute approximate surface area is 112 Å². The Morgan fingerprint density at radius 3 is 2.68 bits per heavy atom. The van der Waals surface area contributed by atoms with E-state index >= 15 is 0 Å². The molecule has 0 aliphatic rings. The average Bonchev–Trinajstić information content (AvgIpc) is 2.77. The normalized spacial score (nSPS) is 10.2. The van der Waals surface area contributed by atoms with Gasteiger partial charge in [0.15, 0.2) is 0 Å². The number of nitrogens with one attached hydrogen (secondary N) is 1. The number of hydrogen-bond donors (Lipinski definition) is 1. The van der Waals surface area contributed by atoms with Crippen LogP contribution in [-0.4, -0.2) is 20.4 Å². The molecule has 1 N–H and O–H groups in total. The molecule has 0 radical (unpaired) electrons. The van der Waals surface area contributed by atoms with E-state index in [0.29, 0.717) is 21.8 Å². The first-order valence-electron chi connectivity index (χ1n) is 5.34. The van der Waals surface area contributed by atoms with Crippen LogP contribution in [0.4, 0.5) is 11.4 Å². The molecule has 0 fully saturated rings. The lowest BCUT2D eigenvalue weighted by Gasteiger charge is -2.06. The minimum atomic E-state index is -0.476. The summed E-state index contributed by atoms with van der Waals surface area (Å²) >= 11 is 1.01. The molecular formula is C11H10N4O3S. The first-order valence-corrected chi connectivity index (χ1v) is 6.11. The van der Waals surface area contributed by atoms with Gasteiger partial charge in [0.1, 0.15) is 4.88 Å². The minimum Gasteiger partial charge on any atom is -0.321 e. The molecule has 0 saturated heterocycles. The van der Waals surface area contributed by atoms with Crippen molar-refractivity contribution in [1.82, 2.24) is 9.59 Å². The van der Waals surface area contributed by atoms with Gasteiger partial charge in [-0.15, -0.1) is 5.10 Å². The Morgan fingerprint density at radius 2 is 2.16 bits per heavy atom. The van der Waals surface area contributed by atoms with Crippen molar-refractivity contribution >= 4 is 28.8 Å². The number of carbonyl (C=O) groups excluding carboxylic acids is 1. The van der Waals surface area contributed by atoms with Crippen LogP contribution in [0, 0.1) is 24.0 Å². The van der Waals surface area contributed by atoms with Crippen LogP contribution in [0.2, 0.25) is 0 Å². The number of nitrogens with zero attached hydrogens (tertiary/aromatic N) is 3. The fraction of sp³-hybridized carbons (Fsp3) is 0.182. The highest BCUT2D eigenvalue weighted by Gasteiger charge is 2.15. The van der Waals surface area contributed by atoms with Gasteiger partial charge in [0, 0.05) is 17.8 Å². The second-order valence-electron chi connectivity index (χ2n) is 3.90. The maximum atomic E-state index is 12.0. The topological polar surface area (TPSA) is 98.0 Å². The van der Waals surface area contributed by atoms with Gasteiger partial charge in [0.2, 0.25) is 0 Å². The Bertz CT molecular complexity index is 653. The van der Waals surface area contributed by atoms with Crippen molar-refractivity contribution in [3.8, 4) is 0 Å². The number of nitro groups is 1. The number of amides is 1. The SMILES string of the molecule is Cc1cc([N+](=O)[O-])ccc1NC(=O)c1snnc1C. The summed E-state index contributed by atoms with van der Waals surface area (Å²) in [6, 6.07) is 4.27. The molecule has 0 atom stereocenters. The van der Waals surface area contributed by atoms with Gasteiger partial charge in [-0.05, 0) is 37.0 Å². The molecule has 0 aliphatic heterocycles. The van der Waals surface area contributed by atoms with Crippen LogP contribution in [0.5, 0.6) is 0 Å². The summed E-state index contributed by atoms with van der Waals surface area (Å²) in [7, 11) is 0. The number of anilines is 1. The molecule has 19 heavy (non-hydrogen) atoms. The van der Waals surface area contributed by atoms with E-state index < -0.39 is 4.92 Å². The second kappa shape index (κ2) is 5.11. The van der Waals surface area contributed by atoms with E-state index in [0.717, 1.165) is 11.5 Å². The summed E-state index contributed by atoms with van der Waals surface area (Å²) in [5.74, 6) is -0.315. The molecule has 8 heteroatoms. The second-order valence-corrected chi connectivity index (χ2v) is 4.65. The number of aromatic nitrogens is 2. The van der Waals surface area contributed by atoms with E-state index in [-0.39, 0.29) is 11.6 Å². The van der Waals surface area contributed by atoms with E-state index in [1.54, 1.807) is 13.8 Å². The van der Waals surface area contributed by atoms with E-state index in [1.807, 2.05) is 0 Å². The molecule has 1 aromatic heterocycles. The lowest BCUT2D eigenvalue weighted by Crippen LogP contribution is -2.12. The lowest BCUT2D eigenvalue weighted by atomic mass is 10.1. The van der Waals surface area contributed by atoms with Crippen molar-refractivity contribution in [3.05, 3.63) is 44.4 Å². The van der Waals surface area contributed by atoms with Gasteiger partial charge < -0.3 is 5.32 Å². The number of hydrogen-bond acceptors (Lipinski definition) is 6. The van der Waals surface area contributed by atoms with Crippen molar-refractivity contribution in [3.63, 3.8) is 0 Å². The summed E-state index contributed by atoms with van der Waals surface area (Å²) < 4.78 is 3.69. The maximum Gasteiger partial charge on any atom is 0.269 e. The largest absolute Gasteiger partial charge is 0.321 e. The summed E-state index contributed by atoms with van der Waals surface area (Å²) in [6.07, 6.45) is 0. The van der Waals surface area contributed by atoms with Gasteiger partial charge >= 0.3 is 0 Å². The molecule has 1 amide bonds. The van der Waals surface area contributed by atoms with Gasteiger partial charge in [-0.3, -0.25) is 14.9 Å². The van der Waals surface area contributed by atoms with Gasteiger partial charge in [0.05, 0.1) is 10.6 Å². The third-order valence-corrected chi connectivity index (χ3v) is 3.35. The first kappa shape index (κ1) is 13.1. The van der Waals surface area contributed by atoms with Crippen LogP contribution in [0.3, 0.4) is 0 Å². The summed E-state index contributed by atoms with van der Waals surface area (Å²) in [5, 5.41) is 17.1. The Kier molecular flexibility index (Phi) is 3.52. The van der Waals surface area contributed by atoms with Gasteiger partial charge in [-0.25, -0.2) is 0 Å². The molecule has 0 spiro atoms. The minimum absolute atomic E-state index is 0.00821. The molecule has 0 aliphatic carbocycles. The number of rotatable bonds is 3. The van der Waals surface area contributed by atoms with Crippen LogP contribution in [-0.2, 0) is 0 Å². The summed E-state index contributed by atoms with van der Waals surface area (Å²) in [6.45, 7) is 3.39. The molecule has 7 nitrogen and oxygen atoms in total. The van der Waals surface area contributed by atoms with Crippen molar-refractivity contribution in [2.45, 2.75) is 13.8 Å². The van der Waals surface area contributed by atoms with E-state index in [4.69, 9.17) is 0 Å². The van der Waals surface area contributed by atoms with Crippen molar-refractivity contribution in [1.29, 1.82) is 0 Å². The number of non-ortho nitro benzene ring substituents is 1. The first-order chi connectivity index (χ1) is 8.99. The van der Waals surface area contributed by atoms with E-state index in [1.165, 1.54) is 18.2 Å². The van der Waals surface area contributed by atoms with Crippen LogP contribution < -0.4 is 5.32 Å². The van der Waals surface area contributed by atoms with Crippen molar-refractivity contribution in [2.75, 3.05) is 5.32 Å². The molecule has 98 valence electrons. The number of aryl methyl sites for hydroxylation is 2. The molecule has 1 heterocycles. The van der Waals surface area contributed by atoms with Gasteiger partial charge in [-0.1, -0.05) is 4.49 Å². The van der Waals surface area contributed by atoms with E-state index in [2.05, 4.69) is 14.9 Å². The Balaban J connectivity index is 2.23. The molecule has 1 aromatic carbocycles. The van der Waals surface area contributed by atoms with Gasteiger partial charge in [0.25, 0.3) is 11.6 Å². The summed E-state index contributed by atoms with van der Waals surface area (Å²) in [5.41, 5.74) is 1.70. The Hall–Kier alpha value is -2.35. The van der Waals surface area contributed by atoms with Crippen LogP contribution in [0.15, 0.2) is 18.2 Å². The van der Waals surface area contributed by atoms with E-state index in [9.17, 15) is 14.9 Å². The molecule has 0 unspecified atom stereocenters. The van der Waals surface area contributed by atoms with Crippen molar-refractivity contribution < 1.29 is 9.72 Å². The third-order valence-electron chi connectivity index (χ3n) is 2.53. The average molecular weight is 278 g/mol. The monoisotopic (exact) mass is 278 g/mol. The molecule has 0 saturated carbocycles. The fourth-order valence-corrected chi connectivity index (χ4v) is 2.07.